The number of nitrogens with zero attached hydrogens (tertiary/aromatic N) is 1. The molecule has 2 aromatic carbocycles. The first-order valence-electron chi connectivity index (χ1n) is 7.73. The summed E-state index contributed by atoms with van der Waals surface area (Å²) in [5, 5.41) is 11.5. The van der Waals surface area contributed by atoms with Crippen molar-refractivity contribution in [3.63, 3.8) is 0 Å². The summed E-state index contributed by atoms with van der Waals surface area (Å²) >= 11 is 0. The van der Waals surface area contributed by atoms with Gasteiger partial charge in [-0.3, -0.25) is 9.59 Å². The predicted octanol–water partition coefficient (Wildman–Crippen LogP) is 2.93. The Hall–Kier alpha value is -3.42. The number of amides is 1. The number of hydrogen-bond acceptors (Lipinski definition) is 6. The molecular weight excluding hydrogens is 340 g/mol. The quantitative estimate of drug-likeness (QED) is 0.267. The van der Waals surface area contributed by atoms with E-state index in [-0.39, 0.29) is 12.6 Å². The van der Waals surface area contributed by atoms with Gasteiger partial charge in [0.2, 0.25) is 6.41 Å². The van der Waals surface area contributed by atoms with Crippen LogP contribution in [0.25, 0.3) is 0 Å². The zero-order valence-electron chi connectivity index (χ0n) is 14.5. The highest BCUT2D eigenvalue weighted by Crippen LogP contribution is 2.15. The lowest BCUT2D eigenvalue weighted by atomic mass is 10.1. The van der Waals surface area contributed by atoms with E-state index in [1.807, 2.05) is 25.1 Å². The summed E-state index contributed by atoms with van der Waals surface area (Å²) in [5.41, 5.74) is 2.57. The molecule has 0 aromatic heterocycles. The minimum atomic E-state index is -0.817. The molecule has 0 aliphatic carbocycles. The molecule has 2 aromatic rings. The van der Waals surface area contributed by atoms with Crippen LogP contribution in [0.2, 0.25) is 0 Å². The van der Waals surface area contributed by atoms with Crippen molar-refractivity contribution < 1.29 is 24.3 Å². The normalized spacial score (nSPS) is 9.31. The molecule has 0 atom stereocenters. The number of para-hydroxylation sites is 1. The van der Waals surface area contributed by atoms with Crippen LogP contribution in [0.4, 0.5) is 5.69 Å². The molecule has 0 heterocycles. The molecule has 2 rings (SSSR count). The maximum Gasteiger partial charge on any atom is 0.308 e. The molecule has 0 saturated carbocycles. The van der Waals surface area contributed by atoms with Crippen LogP contribution < -0.4 is 10.1 Å². The van der Waals surface area contributed by atoms with Gasteiger partial charge in [-0.2, -0.15) is 0 Å². The zero-order chi connectivity index (χ0) is 19.4. The van der Waals surface area contributed by atoms with Crippen molar-refractivity contribution in [3.05, 3.63) is 69.8 Å². The molecule has 0 spiro atoms. The van der Waals surface area contributed by atoms with Crippen molar-refractivity contribution in [2.75, 3.05) is 11.9 Å². The zero-order valence-corrected chi connectivity index (χ0v) is 14.5. The van der Waals surface area contributed by atoms with E-state index < -0.39 is 5.09 Å². The van der Waals surface area contributed by atoms with Gasteiger partial charge in [-0.05, 0) is 42.7 Å². The van der Waals surface area contributed by atoms with E-state index in [0.717, 1.165) is 11.1 Å². The third-order valence-corrected chi connectivity index (χ3v) is 3.11. The molecule has 1 N–H and O–H groups in total. The van der Waals surface area contributed by atoms with E-state index in [1.165, 1.54) is 6.92 Å². The van der Waals surface area contributed by atoms with Gasteiger partial charge in [0.1, 0.15) is 12.4 Å². The average Bonchev–Trinajstić information content (AvgIpc) is 2.59. The number of rotatable bonds is 7. The fourth-order valence-corrected chi connectivity index (χ4v) is 1.90. The summed E-state index contributed by atoms with van der Waals surface area (Å²) in [7, 11) is 0. The highest BCUT2D eigenvalue weighted by Gasteiger charge is 1.99. The lowest BCUT2D eigenvalue weighted by Crippen LogP contribution is -2.04. The van der Waals surface area contributed by atoms with Crippen LogP contribution >= 0.6 is 0 Å². The van der Waals surface area contributed by atoms with Crippen LogP contribution in [0.15, 0.2) is 48.5 Å². The molecule has 8 heteroatoms. The average molecular weight is 360 g/mol. The molecular formula is C18H20N2O6. The highest BCUT2D eigenvalue weighted by molar-refractivity contribution is 5.71. The first-order valence-corrected chi connectivity index (χ1v) is 7.73. The van der Waals surface area contributed by atoms with Crippen molar-refractivity contribution in [3.8, 4) is 5.75 Å². The van der Waals surface area contributed by atoms with E-state index in [0.29, 0.717) is 24.3 Å². The molecule has 8 nitrogen and oxygen atoms in total. The molecule has 0 unspecified atom stereocenters. The van der Waals surface area contributed by atoms with Crippen LogP contribution in [0.1, 0.15) is 18.1 Å². The second kappa shape index (κ2) is 11.2. The number of anilines is 1. The van der Waals surface area contributed by atoms with Crippen molar-refractivity contribution in [2.45, 2.75) is 20.3 Å². The molecule has 0 fully saturated rings. The summed E-state index contributed by atoms with van der Waals surface area (Å²) in [6.45, 7) is 3.33. The maximum absolute atomic E-state index is 10.5. The van der Waals surface area contributed by atoms with Crippen molar-refractivity contribution in [1.29, 1.82) is 0 Å². The van der Waals surface area contributed by atoms with E-state index >= 15 is 0 Å². The van der Waals surface area contributed by atoms with E-state index in [9.17, 15) is 19.7 Å². The summed E-state index contributed by atoms with van der Waals surface area (Å²) in [4.78, 5) is 34.7. The second-order valence-corrected chi connectivity index (χ2v) is 5.13. The Morgan fingerprint density at radius 3 is 2.38 bits per heavy atom. The number of nitrogens with one attached hydrogen (secondary N) is 1. The molecule has 0 saturated heterocycles. The summed E-state index contributed by atoms with van der Waals surface area (Å²) in [6.07, 6.45) is 1.05. The summed E-state index contributed by atoms with van der Waals surface area (Å²) < 4.78 is 4.91. The fraction of sp³-hybridized carbons (Fsp3) is 0.222. The number of esters is 1. The summed E-state index contributed by atoms with van der Waals surface area (Å²) in [5.74, 6) is 0.360. The van der Waals surface area contributed by atoms with Crippen molar-refractivity contribution in [1.82, 2.24) is 0 Å². The second-order valence-electron chi connectivity index (χ2n) is 5.13. The van der Waals surface area contributed by atoms with E-state index in [4.69, 9.17) is 4.74 Å². The van der Waals surface area contributed by atoms with Crippen LogP contribution in [0, 0.1) is 17.0 Å². The standard InChI is InChI=1S/C9H10N2O4.C9H10O2/c12-7-10-9-3-1-8(2-4-9)5-6-15-11(13)14;1-7-5-3-4-6-9(7)11-8(2)10/h1-4,7H,5-6H2,(H,10,12);3-6H,1-2H3. The van der Waals surface area contributed by atoms with Gasteiger partial charge in [-0.15, -0.1) is 10.1 Å². The van der Waals surface area contributed by atoms with Crippen molar-refractivity contribution in [2.24, 2.45) is 0 Å². The smallest absolute Gasteiger partial charge is 0.308 e. The van der Waals surface area contributed by atoms with Gasteiger partial charge in [-0.1, -0.05) is 30.3 Å². The lowest BCUT2D eigenvalue weighted by Gasteiger charge is -2.02. The van der Waals surface area contributed by atoms with Gasteiger partial charge in [0, 0.05) is 12.6 Å². The van der Waals surface area contributed by atoms with Gasteiger partial charge in [0.15, 0.2) is 0 Å². The molecule has 1 amide bonds. The van der Waals surface area contributed by atoms with Crippen molar-refractivity contribution >= 4 is 18.1 Å². The van der Waals surface area contributed by atoms with Gasteiger partial charge in [0.05, 0.1) is 0 Å². The SMILES string of the molecule is CC(=O)Oc1ccccc1C.O=CNc1ccc(CCO[N+](=O)[O-])cc1. The van der Waals surface area contributed by atoms with Crippen LogP contribution in [-0.2, 0) is 20.8 Å². The molecule has 0 aliphatic rings. The molecule has 138 valence electrons. The van der Waals surface area contributed by atoms with Crippen LogP contribution in [0.3, 0.4) is 0 Å². The van der Waals surface area contributed by atoms with E-state index in [1.54, 1.807) is 30.3 Å². The monoisotopic (exact) mass is 360 g/mol. The summed E-state index contributed by atoms with van der Waals surface area (Å²) in [6, 6.07) is 14.4. The van der Waals surface area contributed by atoms with Gasteiger partial charge < -0.3 is 14.9 Å². The Balaban J connectivity index is 0.000000273. The minimum Gasteiger partial charge on any atom is -0.426 e. The predicted molar refractivity (Wildman–Crippen MR) is 95.3 cm³/mol. The fourth-order valence-electron chi connectivity index (χ4n) is 1.90. The first kappa shape index (κ1) is 20.6. The highest BCUT2D eigenvalue weighted by atomic mass is 16.9. The van der Waals surface area contributed by atoms with Gasteiger partial charge in [0.25, 0.3) is 5.09 Å². The number of carbonyl (C=O) groups excluding carboxylic acids is 2. The molecule has 26 heavy (non-hydrogen) atoms. The maximum atomic E-state index is 10.5. The number of benzene rings is 2. The third kappa shape index (κ3) is 8.44. The molecule has 0 radical (unpaired) electrons. The lowest BCUT2D eigenvalue weighted by molar-refractivity contribution is -0.757. The van der Waals surface area contributed by atoms with Crippen LogP contribution in [0.5, 0.6) is 5.75 Å². The minimum absolute atomic E-state index is 0.0352. The van der Waals surface area contributed by atoms with Gasteiger partial charge in [-0.25, -0.2) is 0 Å². The Morgan fingerprint density at radius 2 is 1.85 bits per heavy atom. The third-order valence-electron chi connectivity index (χ3n) is 3.11. The molecule has 0 aliphatic heterocycles. The first-order chi connectivity index (χ1) is 12.4. The topological polar surface area (TPSA) is 108 Å². The Kier molecular flexibility index (Phi) is 8.88. The Labute approximate surface area is 150 Å². The largest absolute Gasteiger partial charge is 0.426 e. The number of aryl methyl sites for hydroxylation is 1. The van der Waals surface area contributed by atoms with E-state index in [2.05, 4.69) is 10.2 Å². The Bertz CT molecular complexity index is 731. The Morgan fingerprint density at radius 1 is 1.19 bits per heavy atom. The number of hydrogen-bond donors (Lipinski definition) is 1. The van der Waals surface area contributed by atoms with Gasteiger partial charge >= 0.3 is 5.97 Å². The number of ether oxygens (including phenoxy) is 1. The van der Waals surface area contributed by atoms with Crippen LogP contribution in [-0.4, -0.2) is 24.1 Å². The molecule has 0 bridgehead atoms. The number of carbonyl (C=O) groups is 2.